The number of furan rings is 1. The number of ether oxygens (including phenoxy) is 2. The first-order chi connectivity index (χ1) is 14.0. The van der Waals surface area contributed by atoms with Gasteiger partial charge in [-0.1, -0.05) is 0 Å². The summed E-state index contributed by atoms with van der Waals surface area (Å²) in [6.45, 7) is 5.47. The standard InChI is InChI=1S/C21H20N4O4/c1-5-28-21(26)17-11-23-18(14-6-8-15(27-4)9-7-14)24-19(17)25-20-16(10-22)12(2)13(3)29-20/h6-9,11H,5H2,1-4H3,(H,23,24,25). The van der Waals surface area contributed by atoms with Crippen molar-refractivity contribution in [3.8, 4) is 23.2 Å². The zero-order chi connectivity index (χ0) is 21.0. The van der Waals surface area contributed by atoms with Gasteiger partial charge >= 0.3 is 5.97 Å². The molecule has 0 fully saturated rings. The number of esters is 1. The van der Waals surface area contributed by atoms with Crippen molar-refractivity contribution in [3.05, 3.63) is 52.9 Å². The van der Waals surface area contributed by atoms with Crippen LogP contribution in [-0.4, -0.2) is 29.7 Å². The van der Waals surface area contributed by atoms with Crippen molar-refractivity contribution < 1.29 is 18.7 Å². The van der Waals surface area contributed by atoms with Gasteiger partial charge in [0.15, 0.2) is 11.6 Å². The van der Waals surface area contributed by atoms with Crippen molar-refractivity contribution in [1.82, 2.24) is 9.97 Å². The van der Waals surface area contributed by atoms with Crippen molar-refractivity contribution in [3.63, 3.8) is 0 Å². The lowest BCUT2D eigenvalue weighted by Gasteiger charge is -2.11. The molecule has 0 amide bonds. The highest BCUT2D eigenvalue weighted by Gasteiger charge is 2.21. The topological polar surface area (TPSA) is 110 Å². The molecule has 2 aromatic heterocycles. The number of nitriles is 1. The SMILES string of the molecule is CCOC(=O)c1cnc(-c2ccc(OC)cc2)nc1Nc1oc(C)c(C)c1C#N. The van der Waals surface area contributed by atoms with Crippen molar-refractivity contribution in [2.75, 3.05) is 19.0 Å². The lowest BCUT2D eigenvalue weighted by Crippen LogP contribution is -2.11. The molecule has 0 aliphatic carbocycles. The van der Waals surface area contributed by atoms with Gasteiger partial charge in [0.25, 0.3) is 0 Å². The average molecular weight is 392 g/mol. The van der Waals surface area contributed by atoms with E-state index >= 15 is 0 Å². The fraction of sp³-hybridized carbons (Fsp3) is 0.238. The number of rotatable bonds is 6. The molecule has 0 bridgehead atoms. The Morgan fingerprint density at radius 2 is 2.00 bits per heavy atom. The maximum absolute atomic E-state index is 12.4. The van der Waals surface area contributed by atoms with Crippen LogP contribution in [0.25, 0.3) is 11.4 Å². The van der Waals surface area contributed by atoms with Crippen LogP contribution >= 0.6 is 0 Å². The van der Waals surface area contributed by atoms with Gasteiger partial charge in [0.1, 0.15) is 28.7 Å². The molecule has 0 saturated heterocycles. The van der Waals surface area contributed by atoms with Crippen LogP contribution in [-0.2, 0) is 4.74 Å². The number of hydrogen-bond donors (Lipinski definition) is 1. The summed E-state index contributed by atoms with van der Waals surface area (Å²) in [7, 11) is 1.59. The number of methoxy groups -OCH3 is 1. The molecule has 3 rings (SSSR count). The van der Waals surface area contributed by atoms with Crippen LogP contribution in [0.3, 0.4) is 0 Å². The maximum atomic E-state index is 12.4. The molecule has 3 aromatic rings. The van der Waals surface area contributed by atoms with E-state index in [1.165, 1.54) is 6.20 Å². The first-order valence-electron chi connectivity index (χ1n) is 8.94. The van der Waals surface area contributed by atoms with Crippen LogP contribution in [0.4, 0.5) is 11.7 Å². The Kier molecular flexibility index (Phi) is 5.79. The van der Waals surface area contributed by atoms with Gasteiger partial charge in [0.05, 0.1) is 13.7 Å². The lowest BCUT2D eigenvalue weighted by atomic mass is 10.2. The van der Waals surface area contributed by atoms with Gasteiger partial charge in [0.2, 0.25) is 5.88 Å². The number of carbonyl (C=O) groups is 1. The minimum Gasteiger partial charge on any atom is -0.497 e. The number of nitrogens with one attached hydrogen (secondary N) is 1. The quantitative estimate of drug-likeness (QED) is 0.623. The van der Waals surface area contributed by atoms with Gasteiger partial charge in [-0.05, 0) is 45.0 Å². The highest BCUT2D eigenvalue weighted by atomic mass is 16.5. The molecule has 8 heteroatoms. The third-order valence-corrected chi connectivity index (χ3v) is 4.36. The fourth-order valence-electron chi connectivity index (χ4n) is 2.67. The van der Waals surface area contributed by atoms with Gasteiger partial charge in [-0.3, -0.25) is 0 Å². The van der Waals surface area contributed by atoms with E-state index in [4.69, 9.17) is 13.9 Å². The van der Waals surface area contributed by atoms with Gasteiger partial charge in [-0.15, -0.1) is 0 Å². The first-order valence-corrected chi connectivity index (χ1v) is 8.94. The summed E-state index contributed by atoms with van der Waals surface area (Å²) in [5.74, 6) is 1.53. The predicted molar refractivity (Wildman–Crippen MR) is 106 cm³/mol. The second-order valence-corrected chi connectivity index (χ2v) is 6.13. The largest absolute Gasteiger partial charge is 0.497 e. The van der Waals surface area contributed by atoms with Gasteiger partial charge in [-0.25, -0.2) is 14.8 Å². The van der Waals surface area contributed by atoms with Crippen LogP contribution < -0.4 is 10.1 Å². The van der Waals surface area contributed by atoms with Crippen LogP contribution in [0.15, 0.2) is 34.9 Å². The predicted octanol–water partition coefficient (Wildman–Crippen LogP) is 4.15. The Labute approximate surface area is 168 Å². The number of hydrogen-bond acceptors (Lipinski definition) is 8. The van der Waals surface area contributed by atoms with E-state index < -0.39 is 5.97 Å². The van der Waals surface area contributed by atoms with Crippen LogP contribution in [0.5, 0.6) is 5.75 Å². The van der Waals surface area contributed by atoms with Crippen LogP contribution in [0, 0.1) is 25.2 Å². The molecule has 0 aliphatic heterocycles. The molecule has 0 spiro atoms. The van der Waals surface area contributed by atoms with Crippen molar-refractivity contribution in [2.45, 2.75) is 20.8 Å². The third kappa shape index (κ3) is 4.04. The average Bonchev–Trinajstić information content (AvgIpc) is 3.00. The molecule has 2 heterocycles. The Morgan fingerprint density at radius 3 is 2.62 bits per heavy atom. The van der Waals surface area contributed by atoms with E-state index in [0.29, 0.717) is 22.9 Å². The molecule has 0 aliphatic rings. The number of anilines is 2. The molecule has 0 radical (unpaired) electrons. The van der Waals surface area contributed by atoms with Gasteiger partial charge < -0.3 is 19.2 Å². The van der Waals surface area contributed by atoms with E-state index in [1.807, 2.05) is 12.1 Å². The van der Waals surface area contributed by atoms with Crippen molar-refractivity contribution >= 4 is 17.7 Å². The molecule has 1 aromatic carbocycles. The summed E-state index contributed by atoms with van der Waals surface area (Å²) in [6.07, 6.45) is 1.39. The Balaban J connectivity index is 2.07. The Morgan fingerprint density at radius 1 is 1.28 bits per heavy atom. The number of aromatic nitrogens is 2. The summed E-state index contributed by atoms with van der Waals surface area (Å²) < 4.78 is 15.9. The summed E-state index contributed by atoms with van der Waals surface area (Å²) in [5, 5.41) is 12.4. The normalized spacial score (nSPS) is 10.3. The molecule has 1 N–H and O–H groups in total. The number of carbonyl (C=O) groups excluding carboxylic acids is 1. The monoisotopic (exact) mass is 392 g/mol. The zero-order valence-electron chi connectivity index (χ0n) is 16.6. The fourth-order valence-corrected chi connectivity index (χ4v) is 2.67. The summed E-state index contributed by atoms with van der Waals surface area (Å²) in [5.41, 5.74) is 1.94. The Hall–Kier alpha value is -3.86. The molecular weight excluding hydrogens is 372 g/mol. The number of benzene rings is 1. The van der Waals surface area contributed by atoms with Crippen LogP contribution in [0.1, 0.15) is 34.2 Å². The number of nitrogens with zero attached hydrogens (tertiary/aromatic N) is 3. The second kappa shape index (κ2) is 8.44. The van der Waals surface area contributed by atoms with E-state index in [9.17, 15) is 10.1 Å². The molecule has 148 valence electrons. The second-order valence-electron chi connectivity index (χ2n) is 6.13. The van der Waals surface area contributed by atoms with Crippen molar-refractivity contribution in [2.24, 2.45) is 0 Å². The highest BCUT2D eigenvalue weighted by molar-refractivity contribution is 5.95. The highest BCUT2D eigenvalue weighted by Crippen LogP contribution is 2.30. The first kappa shape index (κ1) is 19.9. The van der Waals surface area contributed by atoms with Crippen LogP contribution in [0.2, 0.25) is 0 Å². The van der Waals surface area contributed by atoms with Crippen molar-refractivity contribution in [1.29, 1.82) is 5.26 Å². The third-order valence-electron chi connectivity index (χ3n) is 4.36. The van der Waals surface area contributed by atoms with Gasteiger partial charge in [0, 0.05) is 17.3 Å². The minimum absolute atomic E-state index is 0.139. The Bertz CT molecular complexity index is 1080. The molecule has 8 nitrogen and oxygen atoms in total. The molecule has 0 atom stereocenters. The molecule has 0 unspecified atom stereocenters. The maximum Gasteiger partial charge on any atom is 0.343 e. The minimum atomic E-state index is -0.574. The van der Waals surface area contributed by atoms with E-state index in [-0.39, 0.29) is 23.9 Å². The summed E-state index contributed by atoms with van der Waals surface area (Å²) in [6, 6.07) is 9.31. The van der Waals surface area contributed by atoms with E-state index in [1.54, 1.807) is 40.0 Å². The molecule has 0 saturated carbocycles. The van der Waals surface area contributed by atoms with Gasteiger partial charge in [-0.2, -0.15) is 5.26 Å². The molecule has 29 heavy (non-hydrogen) atoms. The molecular formula is C21H20N4O4. The van der Waals surface area contributed by atoms with E-state index in [0.717, 1.165) is 11.1 Å². The lowest BCUT2D eigenvalue weighted by molar-refractivity contribution is 0.0526. The smallest absolute Gasteiger partial charge is 0.343 e. The summed E-state index contributed by atoms with van der Waals surface area (Å²) >= 11 is 0. The number of aryl methyl sites for hydroxylation is 1. The zero-order valence-corrected chi connectivity index (χ0v) is 16.6. The summed E-state index contributed by atoms with van der Waals surface area (Å²) in [4.78, 5) is 21.1. The van der Waals surface area contributed by atoms with E-state index in [2.05, 4.69) is 21.4 Å².